The summed E-state index contributed by atoms with van der Waals surface area (Å²) in [5.74, 6) is 1.85. The minimum Gasteiger partial charge on any atom is -0.490 e. The Balaban J connectivity index is 1.99. The molecule has 104 valence electrons. The first-order valence-corrected chi connectivity index (χ1v) is 6.72. The van der Waals surface area contributed by atoms with E-state index in [2.05, 4.69) is 33.0 Å². The van der Waals surface area contributed by atoms with Gasteiger partial charge in [-0.25, -0.2) is 4.98 Å². The lowest BCUT2D eigenvalue weighted by Crippen LogP contribution is -2.07. The summed E-state index contributed by atoms with van der Waals surface area (Å²) in [5.41, 5.74) is 1.14. The van der Waals surface area contributed by atoms with Crippen molar-refractivity contribution in [2.45, 2.75) is 26.5 Å². The van der Waals surface area contributed by atoms with Gasteiger partial charge >= 0.3 is 0 Å². The van der Waals surface area contributed by atoms with Crippen LogP contribution in [0.4, 0.5) is 0 Å². The third-order valence-corrected chi connectivity index (χ3v) is 3.25. The number of benzene rings is 1. The Labute approximate surface area is 117 Å². The molecule has 5 heteroatoms. The van der Waals surface area contributed by atoms with Crippen molar-refractivity contribution in [3.63, 3.8) is 0 Å². The number of aromatic nitrogens is 4. The van der Waals surface area contributed by atoms with E-state index in [9.17, 15) is 0 Å². The van der Waals surface area contributed by atoms with Gasteiger partial charge in [-0.1, -0.05) is 6.07 Å². The van der Waals surface area contributed by atoms with Crippen molar-refractivity contribution < 1.29 is 4.74 Å². The maximum absolute atomic E-state index is 5.85. The Morgan fingerprint density at radius 1 is 1.25 bits per heavy atom. The number of fused-ring (bicyclic) bond motifs is 1. The van der Waals surface area contributed by atoms with Crippen LogP contribution in [0.2, 0.25) is 0 Å². The smallest absolute Gasteiger partial charge is 0.146 e. The molecule has 0 amide bonds. The van der Waals surface area contributed by atoms with Crippen molar-refractivity contribution in [3.8, 4) is 5.75 Å². The van der Waals surface area contributed by atoms with Gasteiger partial charge in [-0.15, -0.1) is 0 Å². The number of ether oxygens (including phenoxy) is 1. The third-order valence-electron chi connectivity index (χ3n) is 3.25. The Kier molecular flexibility index (Phi) is 3.18. The molecule has 0 atom stereocenters. The predicted octanol–water partition coefficient (Wildman–Crippen LogP) is 2.61. The zero-order valence-electron chi connectivity index (χ0n) is 11.9. The zero-order valence-corrected chi connectivity index (χ0v) is 11.9. The molecule has 0 spiro atoms. The SMILES string of the molecule is CC(C)Oc1cccc2c1ccn2Cc1ncnn1C. The molecule has 2 heterocycles. The van der Waals surface area contributed by atoms with Gasteiger partial charge in [0.2, 0.25) is 0 Å². The van der Waals surface area contributed by atoms with E-state index in [0.29, 0.717) is 6.54 Å². The lowest BCUT2D eigenvalue weighted by molar-refractivity contribution is 0.245. The molecule has 0 aliphatic carbocycles. The first-order chi connectivity index (χ1) is 9.65. The first-order valence-electron chi connectivity index (χ1n) is 6.72. The fraction of sp³-hybridized carbons (Fsp3) is 0.333. The standard InChI is InChI=1S/C15H18N4O/c1-11(2)20-14-6-4-5-13-12(14)7-8-19(13)9-15-16-10-17-18(15)3/h4-8,10-11H,9H2,1-3H3. The molecule has 0 N–H and O–H groups in total. The van der Waals surface area contributed by atoms with Gasteiger partial charge in [-0.2, -0.15) is 5.10 Å². The molecule has 0 radical (unpaired) electrons. The van der Waals surface area contributed by atoms with Gasteiger partial charge in [0, 0.05) is 18.6 Å². The molecule has 20 heavy (non-hydrogen) atoms. The number of hydrogen-bond donors (Lipinski definition) is 0. The van der Waals surface area contributed by atoms with E-state index in [1.165, 1.54) is 0 Å². The van der Waals surface area contributed by atoms with E-state index >= 15 is 0 Å². The average Bonchev–Trinajstić information content (AvgIpc) is 2.98. The fourth-order valence-corrected chi connectivity index (χ4v) is 2.31. The normalized spacial score (nSPS) is 11.4. The Morgan fingerprint density at radius 3 is 2.80 bits per heavy atom. The van der Waals surface area contributed by atoms with Gasteiger partial charge in [0.05, 0.1) is 18.2 Å². The number of aryl methyl sites for hydroxylation is 1. The molecule has 0 aliphatic rings. The van der Waals surface area contributed by atoms with E-state index in [4.69, 9.17) is 4.74 Å². The Bertz CT molecular complexity index is 726. The van der Waals surface area contributed by atoms with Gasteiger partial charge in [-0.05, 0) is 32.0 Å². The van der Waals surface area contributed by atoms with Crippen LogP contribution in [0.15, 0.2) is 36.8 Å². The highest BCUT2D eigenvalue weighted by molar-refractivity contribution is 5.86. The van der Waals surface area contributed by atoms with Crippen LogP contribution in [0.25, 0.3) is 10.9 Å². The van der Waals surface area contributed by atoms with Crippen LogP contribution in [0.5, 0.6) is 5.75 Å². The van der Waals surface area contributed by atoms with Crippen LogP contribution in [0.3, 0.4) is 0 Å². The van der Waals surface area contributed by atoms with Crippen LogP contribution in [-0.2, 0) is 13.6 Å². The van der Waals surface area contributed by atoms with Crippen LogP contribution >= 0.6 is 0 Å². The molecule has 0 bridgehead atoms. The molecule has 3 aromatic rings. The number of nitrogens with zero attached hydrogens (tertiary/aromatic N) is 4. The minimum absolute atomic E-state index is 0.169. The van der Waals surface area contributed by atoms with Crippen molar-refractivity contribution in [1.82, 2.24) is 19.3 Å². The Hall–Kier alpha value is -2.30. The molecule has 0 unspecified atom stereocenters. The first kappa shape index (κ1) is 12.7. The second-order valence-electron chi connectivity index (χ2n) is 5.10. The molecule has 3 rings (SSSR count). The molecular weight excluding hydrogens is 252 g/mol. The van der Waals surface area contributed by atoms with E-state index in [-0.39, 0.29) is 6.10 Å². The zero-order chi connectivity index (χ0) is 14.1. The lowest BCUT2D eigenvalue weighted by Gasteiger charge is -2.11. The lowest BCUT2D eigenvalue weighted by atomic mass is 10.2. The summed E-state index contributed by atoms with van der Waals surface area (Å²) in [6, 6.07) is 8.21. The molecule has 2 aromatic heterocycles. The second kappa shape index (κ2) is 5.00. The molecule has 0 aliphatic heterocycles. The molecule has 0 saturated carbocycles. The van der Waals surface area contributed by atoms with E-state index in [1.807, 2.05) is 33.0 Å². The quantitative estimate of drug-likeness (QED) is 0.732. The molecule has 0 saturated heterocycles. The number of rotatable bonds is 4. The van der Waals surface area contributed by atoms with Gasteiger partial charge in [0.15, 0.2) is 0 Å². The van der Waals surface area contributed by atoms with Crippen molar-refractivity contribution in [3.05, 3.63) is 42.6 Å². The summed E-state index contributed by atoms with van der Waals surface area (Å²) in [7, 11) is 1.90. The highest BCUT2D eigenvalue weighted by atomic mass is 16.5. The van der Waals surface area contributed by atoms with E-state index in [1.54, 1.807) is 11.0 Å². The van der Waals surface area contributed by atoms with Crippen molar-refractivity contribution in [1.29, 1.82) is 0 Å². The van der Waals surface area contributed by atoms with Gasteiger partial charge in [0.25, 0.3) is 0 Å². The summed E-state index contributed by atoms with van der Waals surface area (Å²) >= 11 is 0. The summed E-state index contributed by atoms with van der Waals surface area (Å²) in [6.45, 7) is 4.77. The third kappa shape index (κ3) is 2.27. The maximum atomic E-state index is 5.85. The van der Waals surface area contributed by atoms with Crippen molar-refractivity contribution >= 4 is 10.9 Å². The van der Waals surface area contributed by atoms with Crippen LogP contribution in [0, 0.1) is 0 Å². The summed E-state index contributed by atoms with van der Waals surface area (Å²) in [4.78, 5) is 4.27. The van der Waals surface area contributed by atoms with Gasteiger partial charge < -0.3 is 9.30 Å². The predicted molar refractivity (Wildman–Crippen MR) is 77.8 cm³/mol. The Morgan fingerprint density at radius 2 is 2.10 bits per heavy atom. The molecule has 0 fully saturated rings. The second-order valence-corrected chi connectivity index (χ2v) is 5.10. The monoisotopic (exact) mass is 270 g/mol. The molecule has 5 nitrogen and oxygen atoms in total. The van der Waals surface area contributed by atoms with E-state index < -0.39 is 0 Å². The molecular formula is C15H18N4O. The maximum Gasteiger partial charge on any atom is 0.146 e. The van der Waals surface area contributed by atoms with Crippen LogP contribution < -0.4 is 4.74 Å². The van der Waals surface area contributed by atoms with Crippen LogP contribution in [0.1, 0.15) is 19.7 Å². The average molecular weight is 270 g/mol. The number of hydrogen-bond acceptors (Lipinski definition) is 3. The van der Waals surface area contributed by atoms with Gasteiger partial charge in [-0.3, -0.25) is 4.68 Å². The van der Waals surface area contributed by atoms with Crippen LogP contribution in [-0.4, -0.2) is 25.4 Å². The van der Waals surface area contributed by atoms with E-state index in [0.717, 1.165) is 22.5 Å². The fourth-order valence-electron chi connectivity index (χ4n) is 2.31. The van der Waals surface area contributed by atoms with Crippen molar-refractivity contribution in [2.24, 2.45) is 7.05 Å². The van der Waals surface area contributed by atoms with Crippen molar-refractivity contribution in [2.75, 3.05) is 0 Å². The minimum atomic E-state index is 0.169. The highest BCUT2D eigenvalue weighted by Gasteiger charge is 2.09. The van der Waals surface area contributed by atoms with Gasteiger partial charge in [0.1, 0.15) is 17.9 Å². The summed E-state index contributed by atoms with van der Waals surface area (Å²) in [5, 5.41) is 5.23. The highest BCUT2D eigenvalue weighted by Crippen LogP contribution is 2.27. The topological polar surface area (TPSA) is 44.9 Å². The summed E-state index contributed by atoms with van der Waals surface area (Å²) < 4.78 is 9.80. The summed E-state index contributed by atoms with van der Waals surface area (Å²) in [6.07, 6.45) is 3.81. The largest absolute Gasteiger partial charge is 0.490 e. The molecule has 1 aromatic carbocycles.